The van der Waals surface area contributed by atoms with Crippen LogP contribution in [0.4, 0.5) is 10.5 Å². The molecule has 2 amide bonds. The van der Waals surface area contributed by atoms with Crippen LogP contribution < -0.4 is 14.8 Å². The van der Waals surface area contributed by atoms with Crippen molar-refractivity contribution >= 4 is 21.7 Å². The number of benzene rings is 1. The molecule has 1 N–H and O–H groups in total. The molecule has 2 aliphatic heterocycles. The van der Waals surface area contributed by atoms with Gasteiger partial charge in [0.15, 0.2) is 0 Å². The van der Waals surface area contributed by atoms with Crippen LogP contribution in [-0.4, -0.2) is 82.5 Å². The maximum absolute atomic E-state index is 12.7. The monoisotopic (exact) mass is 441 g/mol. The molecule has 3 rings (SSSR count). The summed E-state index contributed by atoms with van der Waals surface area (Å²) < 4.78 is 41.5. The maximum atomic E-state index is 12.7. The predicted molar refractivity (Wildman–Crippen MR) is 114 cm³/mol. The Balaban J connectivity index is 1.46. The fourth-order valence-electron chi connectivity index (χ4n) is 3.87. The zero-order valence-corrected chi connectivity index (χ0v) is 18.6. The number of carbonyl (C=O) groups excluding carboxylic acids is 1. The fraction of sp³-hybridized carbons (Fsp3) is 0.650. The normalized spacial score (nSPS) is 19.5. The SMILES string of the molecule is COc1ccc(OC)c(NC(=O)N2CCC(OC3CCN(S(C)(=O)=O)CC3)CC2)c1. The van der Waals surface area contributed by atoms with Gasteiger partial charge in [-0.3, -0.25) is 0 Å². The number of sulfonamides is 1. The van der Waals surface area contributed by atoms with Gasteiger partial charge in [-0.15, -0.1) is 0 Å². The Kier molecular flexibility index (Phi) is 7.43. The van der Waals surface area contributed by atoms with Crippen molar-refractivity contribution in [2.24, 2.45) is 0 Å². The Morgan fingerprint density at radius 2 is 1.60 bits per heavy atom. The molecule has 0 aromatic heterocycles. The van der Waals surface area contributed by atoms with Crippen LogP contribution in [0.2, 0.25) is 0 Å². The highest BCUT2D eigenvalue weighted by Crippen LogP contribution is 2.29. The van der Waals surface area contributed by atoms with Gasteiger partial charge in [-0.25, -0.2) is 17.5 Å². The van der Waals surface area contributed by atoms with Crippen LogP contribution in [-0.2, 0) is 14.8 Å². The smallest absolute Gasteiger partial charge is 0.321 e. The van der Waals surface area contributed by atoms with E-state index < -0.39 is 10.0 Å². The Hall–Kier alpha value is -2.04. The van der Waals surface area contributed by atoms with E-state index in [4.69, 9.17) is 14.2 Å². The molecular weight excluding hydrogens is 410 g/mol. The van der Waals surface area contributed by atoms with Gasteiger partial charge in [0.2, 0.25) is 10.0 Å². The van der Waals surface area contributed by atoms with Crippen molar-refractivity contribution < 1.29 is 27.4 Å². The summed E-state index contributed by atoms with van der Waals surface area (Å²) in [6.45, 7) is 2.22. The van der Waals surface area contributed by atoms with E-state index in [9.17, 15) is 13.2 Å². The first-order valence-electron chi connectivity index (χ1n) is 10.2. The number of urea groups is 1. The molecule has 0 unspecified atom stereocenters. The van der Waals surface area contributed by atoms with E-state index >= 15 is 0 Å². The van der Waals surface area contributed by atoms with Crippen LogP contribution >= 0.6 is 0 Å². The van der Waals surface area contributed by atoms with Crippen LogP contribution in [0.1, 0.15) is 25.7 Å². The summed E-state index contributed by atoms with van der Waals surface area (Å²) in [5.74, 6) is 1.21. The number of likely N-dealkylation sites (tertiary alicyclic amines) is 1. The van der Waals surface area contributed by atoms with Crippen molar-refractivity contribution in [1.29, 1.82) is 0 Å². The number of hydrogen-bond donors (Lipinski definition) is 1. The molecule has 2 fully saturated rings. The summed E-state index contributed by atoms with van der Waals surface area (Å²) in [6.07, 6.45) is 4.36. The number of carbonyl (C=O) groups is 1. The average Bonchev–Trinajstić information content (AvgIpc) is 2.74. The van der Waals surface area contributed by atoms with Gasteiger partial charge >= 0.3 is 6.03 Å². The average molecular weight is 442 g/mol. The molecule has 10 heteroatoms. The van der Waals surface area contributed by atoms with Crippen molar-refractivity contribution in [2.45, 2.75) is 37.9 Å². The minimum absolute atomic E-state index is 0.0782. The summed E-state index contributed by atoms with van der Waals surface area (Å²) in [5, 5.41) is 2.90. The number of ether oxygens (including phenoxy) is 3. The van der Waals surface area contributed by atoms with Gasteiger partial charge in [0.1, 0.15) is 11.5 Å². The number of nitrogens with one attached hydrogen (secondary N) is 1. The van der Waals surface area contributed by atoms with Crippen LogP contribution in [0.25, 0.3) is 0 Å². The number of methoxy groups -OCH3 is 2. The second kappa shape index (κ2) is 9.84. The van der Waals surface area contributed by atoms with E-state index in [2.05, 4.69) is 5.32 Å². The molecule has 0 spiro atoms. The van der Waals surface area contributed by atoms with Gasteiger partial charge in [0.05, 0.1) is 38.4 Å². The summed E-state index contributed by atoms with van der Waals surface area (Å²) in [7, 11) is 0.00410. The molecule has 0 atom stereocenters. The van der Waals surface area contributed by atoms with Crippen LogP contribution in [0.5, 0.6) is 11.5 Å². The highest BCUT2D eigenvalue weighted by atomic mass is 32.2. The molecule has 0 bridgehead atoms. The molecule has 2 saturated heterocycles. The van der Waals surface area contributed by atoms with Gasteiger partial charge in [-0.05, 0) is 37.8 Å². The molecular formula is C20H31N3O6S. The highest BCUT2D eigenvalue weighted by Gasteiger charge is 2.29. The Morgan fingerprint density at radius 1 is 1.00 bits per heavy atom. The molecule has 9 nitrogen and oxygen atoms in total. The number of anilines is 1. The number of nitrogens with zero attached hydrogens (tertiary/aromatic N) is 2. The maximum Gasteiger partial charge on any atom is 0.321 e. The Bertz CT molecular complexity index is 831. The first kappa shape index (κ1) is 22.6. The number of amides is 2. The second-order valence-electron chi connectivity index (χ2n) is 7.68. The third-order valence-corrected chi connectivity index (χ3v) is 6.94. The lowest BCUT2D eigenvalue weighted by molar-refractivity contribution is -0.0542. The standard InChI is InChI=1S/C20H31N3O6S/c1-27-17-4-5-19(28-2)18(14-17)21-20(24)22-10-6-15(7-11-22)29-16-8-12-23(13-9-16)30(3,25)26/h4-5,14-16H,6-13H2,1-3H3,(H,21,24). The topological polar surface area (TPSA) is 97.4 Å². The van der Waals surface area contributed by atoms with E-state index in [-0.39, 0.29) is 18.2 Å². The van der Waals surface area contributed by atoms with E-state index in [0.717, 1.165) is 12.8 Å². The quantitative estimate of drug-likeness (QED) is 0.726. The van der Waals surface area contributed by atoms with Gasteiger partial charge in [0, 0.05) is 32.2 Å². The number of piperidine rings is 2. The molecule has 2 heterocycles. The van der Waals surface area contributed by atoms with Crippen molar-refractivity contribution in [1.82, 2.24) is 9.21 Å². The van der Waals surface area contributed by atoms with Crippen molar-refractivity contribution in [3.05, 3.63) is 18.2 Å². The van der Waals surface area contributed by atoms with E-state index in [1.807, 2.05) is 0 Å². The van der Waals surface area contributed by atoms with Crippen molar-refractivity contribution in [3.63, 3.8) is 0 Å². The largest absolute Gasteiger partial charge is 0.497 e. The predicted octanol–water partition coefficient (Wildman–Crippen LogP) is 2.14. The zero-order valence-electron chi connectivity index (χ0n) is 17.8. The molecule has 2 aliphatic rings. The first-order chi connectivity index (χ1) is 14.3. The van der Waals surface area contributed by atoms with Crippen LogP contribution in [0.3, 0.4) is 0 Å². The van der Waals surface area contributed by atoms with Gasteiger partial charge in [-0.1, -0.05) is 0 Å². The first-order valence-corrected chi connectivity index (χ1v) is 12.0. The minimum Gasteiger partial charge on any atom is -0.497 e. The van der Waals surface area contributed by atoms with E-state index in [0.29, 0.717) is 56.2 Å². The lowest BCUT2D eigenvalue weighted by Gasteiger charge is -2.36. The molecule has 0 aliphatic carbocycles. The summed E-state index contributed by atoms with van der Waals surface area (Å²) >= 11 is 0. The lowest BCUT2D eigenvalue weighted by Crippen LogP contribution is -2.45. The zero-order chi connectivity index (χ0) is 21.7. The van der Waals surface area contributed by atoms with Crippen molar-refractivity contribution in [2.75, 3.05) is 52.0 Å². The molecule has 168 valence electrons. The number of rotatable bonds is 6. The highest BCUT2D eigenvalue weighted by molar-refractivity contribution is 7.88. The summed E-state index contributed by atoms with van der Waals surface area (Å²) in [4.78, 5) is 14.4. The third kappa shape index (κ3) is 5.77. The Labute approximate surface area is 178 Å². The molecule has 1 aromatic rings. The minimum atomic E-state index is -3.12. The van der Waals surface area contributed by atoms with Crippen LogP contribution in [0, 0.1) is 0 Å². The van der Waals surface area contributed by atoms with Gasteiger partial charge < -0.3 is 24.4 Å². The Morgan fingerprint density at radius 3 is 2.13 bits per heavy atom. The van der Waals surface area contributed by atoms with Gasteiger partial charge in [-0.2, -0.15) is 0 Å². The van der Waals surface area contributed by atoms with Gasteiger partial charge in [0.25, 0.3) is 0 Å². The third-order valence-electron chi connectivity index (χ3n) is 5.63. The summed E-state index contributed by atoms with van der Waals surface area (Å²) in [5.41, 5.74) is 0.567. The lowest BCUT2D eigenvalue weighted by atomic mass is 10.1. The second-order valence-corrected chi connectivity index (χ2v) is 9.66. The van der Waals surface area contributed by atoms with Crippen molar-refractivity contribution in [3.8, 4) is 11.5 Å². The fourth-order valence-corrected chi connectivity index (χ4v) is 4.75. The summed E-state index contributed by atoms with van der Waals surface area (Å²) in [6, 6.07) is 5.08. The number of hydrogen-bond acceptors (Lipinski definition) is 6. The molecule has 1 aromatic carbocycles. The molecule has 30 heavy (non-hydrogen) atoms. The van der Waals surface area contributed by atoms with E-state index in [1.165, 1.54) is 10.6 Å². The van der Waals surface area contributed by atoms with E-state index in [1.54, 1.807) is 37.3 Å². The molecule has 0 radical (unpaired) electrons. The molecule has 0 saturated carbocycles. The van der Waals surface area contributed by atoms with Crippen LogP contribution in [0.15, 0.2) is 18.2 Å².